The van der Waals surface area contributed by atoms with Gasteiger partial charge in [0.2, 0.25) is 0 Å². The van der Waals surface area contributed by atoms with E-state index in [1.165, 1.54) is 0 Å². The molecule has 0 aliphatic carbocycles. The van der Waals surface area contributed by atoms with Gasteiger partial charge in [0.25, 0.3) is 5.91 Å². The number of carbonyl (C=O) groups is 1. The third-order valence-corrected chi connectivity index (χ3v) is 2.73. The SMILES string of the molecule is CC(C)CCSC(C)C(=O)NO. The summed E-state index contributed by atoms with van der Waals surface area (Å²) in [5.74, 6) is 1.32. The molecule has 1 atom stereocenters. The third kappa shape index (κ3) is 5.43. The van der Waals surface area contributed by atoms with E-state index in [4.69, 9.17) is 5.21 Å². The Morgan fingerprint density at radius 3 is 2.50 bits per heavy atom. The molecule has 4 heteroatoms. The summed E-state index contributed by atoms with van der Waals surface area (Å²) < 4.78 is 0. The molecular weight excluding hydrogens is 174 g/mol. The summed E-state index contributed by atoms with van der Waals surface area (Å²) in [6, 6.07) is 0. The van der Waals surface area contributed by atoms with Crippen molar-refractivity contribution in [1.82, 2.24) is 5.48 Å². The van der Waals surface area contributed by atoms with E-state index in [1.54, 1.807) is 24.2 Å². The van der Waals surface area contributed by atoms with Gasteiger partial charge in [-0.15, -0.1) is 11.8 Å². The molecule has 0 aromatic carbocycles. The summed E-state index contributed by atoms with van der Waals surface area (Å²) in [4.78, 5) is 10.8. The molecule has 12 heavy (non-hydrogen) atoms. The van der Waals surface area contributed by atoms with Gasteiger partial charge >= 0.3 is 0 Å². The van der Waals surface area contributed by atoms with E-state index in [0.29, 0.717) is 5.92 Å². The van der Waals surface area contributed by atoms with E-state index >= 15 is 0 Å². The summed E-state index contributed by atoms with van der Waals surface area (Å²) in [7, 11) is 0. The Hall–Kier alpha value is -0.220. The highest BCUT2D eigenvalue weighted by Crippen LogP contribution is 2.14. The number of amides is 1. The van der Waals surface area contributed by atoms with E-state index in [-0.39, 0.29) is 11.2 Å². The standard InChI is InChI=1S/C8H17NO2S/c1-6(2)4-5-12-7(3)8(10)9-11/h6-7,11H,4-5H2,1-3H3,(H,9,10). The molecule has 0 spiro atoms. The molecule has 0 fully saturated rings. The highest BCUT2D eigenvalue weighted by atomic mass is 32.2. The molecule has 72 valence electrons. The highest BCUT2D eigenvalue weighted by molar-refractivity contribution is 8.00. The van der Waals surface area contributed by atoms with Gasteiger partial charge in [-0.25, -0.2) is 5.48 Å². The van der Waals surface area contributed by atoms with Crippen LogP contribution in [0.1, 0.15) is 27.2 Å². The second kappa shape index (κ2) is 6.31. The lowest BCUT2D eigenvalue weighted by atomic mass is 10.2. The van der Waals surface area contributed by atoms with Crippen molar-refractivity contribution in [1.29, 1.82) is 0 Å². The predicted molar refractivity (Wildman–Crippen MR) is 51.3 cm³/mol. The molecule has 0 heterocycles. The van der Waals surface area contributed by atoms with Crippen LogP contribution >= 0.6 is 11.8 Å². The fraction of sp³-hybridized carbons (Fsp3) is 0.875. The molecule has 0 aliphatic heterocycles. The molecule has 0 rings (SSSR count). The van der Waals surface area contributed by atoms with Crippen molar-refractivity contribution >= 4 is 17.7 Å². The smallest absolute Gasteiger partial charge is 0.256 e. The Kier molecular flexibility index (Phi) is 6.20. The van der Waals surface area contributed by atoms with Crippen molar-refractivity contribution in [3.05, 3.63) is 0 Å². The maximum absolute atomic E-state index is 10.8. The van der Waals surface area contributed by atoms with Gasteiger partial charge in [-0.05, 0) is 25.0 Å². The van der Waals surface area contributed by atoms with Gasteiger partial charge in [-0.3, -0.25) is 10.0 Å². The second-order valence-electron chi connectivity index (χ2n) is 3.17. The van der Waals surface area contributed by atoms with E-state index in [1.807, 2.05) is 0 Å². The zero-order valence-corrected chi connectivity index (χ0v) is 8.65. The van der Waals surface area contributed by atoms with E-state index < -0.39 is 0 Å². The van der Waals surface area contributed by atoms with Crippen molar-refractivity contribution in [2.45, 2.75) is 32.4 Å². The minimum atomic E-state index is -0.316. The molecule has 0 saturated heterocycles. The first-order valence-electron chi connectivity index (χ1n) is 4.13. The number of hydrogen-bond acceptors (Lipinski definition) is 3. The fourth-order valence-corrected chi connectivity index (χ4v) is 1.81. The lowest BCUT2D eigenvalue weighted by molar-refractivity contribution is -0.128. The zero-order chi connectivity index (χ0) is 9.56. The van der Waals surface area contributed by atoms with Crippen LogP contribution in [0.5, 0.6) is 0 Å². The molecule has 0 saturated carbocycles. The van der Waals surface area contributed by atoms with Crippen LogP contribution < -0.4 is 5.48 Å². The van der Waals surface area contributed by atoms with Crippen molar-refractivity contribution in [2.24, 2.45) is 5.92 Å². The summed E-state index contributed by atoms with van der Waals surface area (Å²) in [5, 5.41) is 8.14. The normalized spacial score (nSPS) is 13.1. The summed E-state index contributed by atoms with van der Waals surface area (Å²) in [5.41, 5.74) is 1.64. The van der Waals surface area contributed by atoms with Crippen molar-refractivity contribution < 1.29 is 10.0 Å². The number of thioether (sulfide) groups is 1. The lowest BCUT2D eigenvalue weighted by Gasteiger charge is -2.09. The molecule has 0 aromatic heterocycles. The topological polar surface area (TPSA) is 49.3 Å². The maximum atomic E-state index is 10.8. The zero-order valence-electron chi connectivity index (χ0n) is 7.83. The number of rotatable bonds is 5. The van der Waals surface area contributed by atoms with Crippen molar-refractivity contribution in [3.63, 3.8) is 0 Å². The first-order chi connectivity index (χ1) is 5.57. The fourth-order valence-electron chi connectivity index (χ4n) is 0.647. The quantitative estimate of drug-likeness (QED) is 0.513. The Morgan fingerprint density at radius 1 is 1.50 bits per heavy atom. The van der Waals surface area contributed by atoms with Crippen molar-refractivity contribution in [2.75, 3.05) is 5.75 Å². The number of carbonyl (C=O) groups excluding carboxylic acids is 1. The van der Waals surface area contributed by atoms with Crippen LogP contribution in [0.4, 0.5) is 0 Å². The van der Waals surface area contributed by atoms with Crippen molar-refractivity contribution in [3.8, 4) is 0 Å². The van der Waals surface area contributed by atoms with Crippen LogP contribution in [0, 0.1) is 5.92 Å². The Morgan fingerprint density at radius 2 is 2.08 bits per heavy atom. The second-order valence-corrected chi connectivity index (χ2v) is 4.62. The average Bonchev–Trinajstić information content (AvgIpc) is 2.02. The van der Waals surface area contributed by atoms with Crippen LogP contribution in [0.3, 0.4) is 0 Å². The van der Waals surface area contributed by atoms with E-state index in [0.717, 1.165) is 12.2 Å². The summed E-state index contributed by atoms with van der Waals surface area (Å²) in [6.07, 6.45) is 1.10. The molecule has 1 unspecified atom stereocenters. The van der Waals surface area contributed by atoms with Crippen LogP contribution in [0.15, 0.2) is 0 Å². The van der Waals surface area contributed by atoms with Crippen LogP contribution in [-0.2, 0) is 4.79 Å². The average molecular weight is 191 g/mol. The van der Waals surface area contributed by atoms with E-state index in [2.05, 4.69) is 13.8 Å². The molecule has 0 radical (unpaired) electrons. The molecule has 3 nitrogen and oxygen atoms in total. The highest BCUT2D eigenvalue weighted by Gasteiger charge is 2.11. The summed E-state index contributed by atoms with van der Waals surface area (Å²) >= 11 is 1.57. The van der Waals surface area contributed by atoms with E-state index in [9.17, 15) is 4.79 Å². The Labute approximate surface area is 77.9 Å². The van der Waals surface area contributed by atoms with Gasteiger partial charge in [0.1, 0.15) is 0 Å². The largest absolute Gasteiger partial charge is 0.289 e. The minimum absolute atomic E-state index is 0.159. The Bertz CT molecular complexity index is 139. The van der Waals surface area contributed by atoms with Gasteiger partial charge in [-0.2, -0.15) is 0 Å². The molecule has 0 aromatic rings. The third-order valence-electron chi connectivity index (χ3n) is 1.54. The molecule has 0 bridgehead atoms. The molecule has 1 amide bonds. The van der Waals surface area contributed by atoms with Crippen LogP contribution in [-0.4, -0.2) is 22.1 Å². The molecule has 0 aliphatic rings. The summed E-state index contributed by atoms with van der Waals surface area (Å²) in [6.45, 7) is 6.09. The minimum Gasteiger partial charge on any atom is -0.289 e. The van der Waals surface area contributed by atoms with Crippen LogP contribution in [0.2, 0.25) is 0 Å². The maximum Gasteiger partial charge on any atom is 0.256 e. The van der Waals surface area contributed by atoms with Gasteiger partial charge in [0.05, 0.1) is 5.25 Å². The number of hydrogen-bond donors (Lipinski definition) is 2. The first kappa shape index (κ1) is 11.8. The van der Waals surface area contributed by atoms with Gasteiger partial charge < -0.3 is 0 Å². The Balaban J connectivity index is 3.43. The van der Waals surface area contributed by atoms with Gasteiger partial charge in [-0.1, -0.05) is 13.8 Å². The van der Waals surface area contributed by atoms with Gasteiger partial charge in [0, 0.05) is 0 Å². The predicted octanol–water partition coefficient (Wildman–Crippen LogP) is 1.66. The van der Waals surface area contributed by atoms with Gasteiger partial charge in [0.15, 0.2) is 0 Å². The lowest BCUT2D eigenvalue weighted by Crippen LogP contribution is -2.28. The number of nitrogens with one attached hydrogen (secondary N) is 1. The molecular formula is C8H17NO2S. The van der Waals surface area contributed by atoms with Crippen LogP contribution in [0.25, 0.3) is 0 Å². The number of hydroxylamine groups is 1. The first-order valence-corrected chi connectivity index (χ1v) is 5.18. The molecule has 2 N–H and O–H groups in total. The monoisotopic (exact) mass is 191 g/mol.